The molecule has 6 nitrogen and oxygen atoms in total. The summed E-state index contributed by atoms with van der Waals surface area (Å²) in [4.78, 5) is 24.5. The Labute approximate surface area is 179 Å². The van der Waals surface area contributed by atoms with Crippen LogP contribution >= 0.6 is 0 Å². The van der Waals surface area contributed by atoms with Gasteiger partial charge in [0.25, 0.3) is 0 Å². The Morgan fingerprint density at radius 1 is 1.00 bits per heavy atom. The van der Waals surface area contributed by atoms with Gasteiger partial charge in [0.05, 0.1) is 0 Å². The number of carbonyl (C=O) groups is 1. The molecule has 0 unspecified atom stereocenters. The number of urea groups is 1. The van der Waals surface area contributed by atoms with Crippen molar-refractivity contribution in [2.24, 2.45) is 5.92 Å². The van der Waals surface area contributed by atoms with E-state index in [1.807, 2.05) is 17.2 Å². The molecule has 3 aliphatic rings. The van der Waals surface area contributed by atoms with Crippen LogP contribution < -0.4 is 5.32 Å². The van der Waals surface area contributed by atoms with Gasteiger partial charge in [0.2, 0.25) is 0 Å². The van der Waals surface area contributed by atoms with E-state index in [0.717, 1.165) is 62.3 Å². The SMILES string of the molecule is O=C(NC1CCCCC1)N1CCC(n2c(CC3CCCC3)nc3cccnc32)CC1. The molecule has 1 N–H and O–H groups in total. The molecule has 0 radical (unpaired) electrons. The third kappa shape index (κ3) is 4.19. The summed E-state index contributed by atoms with van der Waals surface area (Å²) < 4.78 is 2.42. The van der Waals surface area contributed by atoms with E-state index in [-0.39, 0.29) is 6.03 Å². The summed E-state index contributed by atoms with van der Waals surface area (Å²) in [6, 6.07) is 4.98. The molecule has 3 fully saturated rings. The lowest BCUT2D eigenvalue weighted by atomic mass is 9.95. The molecule has 2 amide bonds. The first-order valence-corrected chi connectivity index (χ1v) is 12.1. The Hall–Kier alpha value is -2.11. The topological polar surface area (TPSA) is 63.1 Å². The Morgan fingerprint density at radius 2 is 1.73 bits per heavy atom. The molecule has 5 rings (SSSR count). The smallest absolute Gasteiger partial charge is 0.317 e. The maximum absolute atomic E-state index is 12.8. The maximum Gasteiger partial charge on any atom is 0.317 e. The number of amides is 2. The molecule has 2 saturated carbocycles. The standard InChI is InChI=1S/C24H35N5O/c30-24(26-19-9-2-1-3-10-19)28-15-12-20(13-16-28)29-22(17-18-7-4-5-8-18)27-21-11-6-14-25-23(21)29/h6,11,14,18-20H,1-5,7-10,12-13,15-17H2,(H,26,30). The summed E-state index contributed by atoms with van der Waals surface area (Å²) >= 11 is 0. The molecule has 30 heavy (non-hydrogen) atoms. The average molecular weight is 410 g/mol. The van der Waals surface area contributed by atoms with Crippen LogP contribution in [0.3, 0.4) is 0 Å². The number of carbonyl (C=O) groups excluding carboxylic acids is 1. The molecule has 2 aliphatic carbocycles. The van der Waals surface area contributed by atoms with Crippen LogP contribution in [0.1, 0.15) is 82.5 Å². The third-order valence-electron chi connectivity index (χ3n) is 7.52. The van der Waals surface area contributed by atoms with Crippen LogP contribution in [0.25, 0.3) is 11.2 Å². The second kappa shape index (κ2) is 8.94. The average Bonchev–Trinajstić information content (AvgIpc) is 3.42. The van der Waals surface area contributed by atoms with Crippen LogP contribution in [0.2, 0.25) is 0 Å². The highest BCUT2D eigenvalue weighted by Crippen LogP contribution is 2.32. The number of imidazole rings is 1. The minimum absolute atomic E-state index is 0.139. The van der Waals surface area contributed by atoms with Gasteiger partial charge in [-0.2, -0.15) is 0 Å². The summed E-state index contributed by atoms with van der Waals surface area (Å²) in [6.45, 7) is 1.64. The lowest BCUT2D eigenvalue weighted by Crippen LogP contribution is -2.48. The van der Waals surface area contributed by atoms with E-state index in [0.29, 0.717) is 12.1 Å². The number of aromatic nitrogens is 3. The molecular formula is C24H35N5O. The second-order valence-electron chi connectivity index (χ2n) is 9.60. The summed E-state index contributed by atoms with van der Waals surface area (Å²) in [5, 5.41) is 3.28. The van der Waals surface area contributed by atoms with Crippen molar-refractivity contribution in [1.29, 1.82) is 0 Å². The predicted octanol–water partition coefficient (Wildman–Crippen LogP) is 4.84. The lowest BCUT2D eigenvalue weighted by Gasteiger charge is -2.35. The van der Waals surface area contributed by atoms with Crippen molar-refractivity contribution >= 4 is 17.2 Å². The number of hydrogen-bond donors (Lipinski definition) is 1. The van der Waals surface area contributed by atoms with E-state index in [1.165, 1.54) is 50.8 Å². The van der Waals surface area contributed by atoms with E-state index < -0.39 is 0 Å². The molecule has 0 bridgehead atoms. The zero-order valence-corrected chi connectivity index (χ0v) is 18.1. The van der Waals surface area contributed by atoms with Gasteiger partial charge in [0, 0.05) is 37.8 Å². The summed E-state index contributed by atoms with van der Waals surface area (Å²) in [7, 11) is 0. The number of rotatable bonds is 4. The van der Waals surface area contributed by atoms with Crippen LogP contribution in [-0.2, 0) is 6.42 Å². The van der Waals surface area contributed by atoms with Crippen molar-refractivity contribution in [3.05, 3.63) is 24.2 Å². The van der Waals surface area contributed by atoms with Gasteiger partial charge >= 0.3 is 6.03 Å². The highest BCUT2D eigenvalue weighted by molar-refractivity contribution is 5.75. The van der Waals surface area contributed by atoms with Gasteiger partial charge < -0.3 is 14.8 Å². The summed E-state index contributed by atoms with van der Waals surface area (Å²) in [5.41, 5.74) is 2.04. The molecule has 2 aromatic rings. The lowest BCUT2D eigenvalue weighted by molar-refractivity contribution is 0.165. The fraction of sp³-hybridized carbons (Fsp3) is 0.708. The largest absolute Gasteiger partial charge is 0.335 e. The first kappa shape index (κ1) is 19.8. The van der Waals surface area contributed by atoms with Gasteiger partial charge in [-0.05, 0) is 43.7 Å². The molecule has 0 spiro atoms. The van der Waals surface area contributed by atoms with Gasteiger partial charge in [-0.15, -0.1) is 0 Å². The molecular weight excluding hydrogens is 374 g/mol. The predicted molar refractivity (Wildman–Crippen MR) is 118 cm³/mol. The normalized spacial score (nSPS) is 22.1. The summed E-state index contributed by atoms with van der Waals surface area (Å²) in [5.74, 6) is 1.97. The van der Waals surface area contributed by atoms with Crippen molar-refractivity contribution in [1.82, 2.24) is 24.8 Å². The highest BCUT2D eigenvalue weighted by Gasteiger charge is 2.29. The molecule has 0 aromatic carbocycles. The third-order valence-corrected chi connectivity index (χ3v) is 7.52. The Kier molecular flexibility index (Phi) is 5.91. The Bertz CT molecular complexity index is 858. The Morgan fingerprint density at radius 3 is 2.50 bits per heavy atom. The van der Waals surface area contributed by atoms with Crippen molar-refractivity contribution < 1.29 is 4.79 Å². The van der Waals surface area contributed by atoms with E-state index in [2.05, 4.69) is 16.0 Å². The van der Waals surface area contributed by atoms with Gasteiger partial charge in [0.15, 0.2) is 5.65 Å². The molecule has 0 atom stereocenters. The van der Waals surface area contributed by atoms with Gasteiger partial charge in [-0.3, -0.25) is 0 Å². The molecule has 162 valence electrons. The molecule has 1 aliphatic heterocycles. The summed E-state index contributed by atoms with van der Waals surface area (Å²) in [6.07, 6.45) is 16.4. The first-order chi connectivity index (χ1) is 14.8. The molecule has 3 heterocycles. The van der Waals surface area contributed by atoms with Gasteiger partial charge in [0.1, 0.15) is 11.3 Å². The van der Waals surface area contributed by atoms with Crippen molar-refractivity contribution in [3.8, 4) is 0 Å². The van der Waals surface area contributed by atoms with E-state index in [9.17, 15) is 4.79 Å². The van der Waals surface area contributed by atoms with Crippen LogP contribution in [0.5, 0.6) is 0 Å². The fourth-order valence-electron chi connectivity index (χ4n) is 5.82. The number of hydrogen-bond acceptors (Lipinski definition) is 3. The molecule has 6 heteroatoms. The van der Waals surface area contributed by atoms with Crippen molar-refractivity contribution in [2.45, 2.75) is 89.1 Å². The number of pyridine rings is 1. The quantitative estimate of drug-likeness (QED) is 0.786. The van der Waals surface area contributed by atoms with E-state index in [4.69, 9.17) is 9.97 Å². The Balaban J connectivity index is 1.27. The minimum atomic E-state index is 0.139. The zero-order valence-electron chi connectivity index (χ0n) is 18.1. The number of piperidine rings is 1. The minimum Gasteiger partial charge on any atom is -0.335 e. The number of nitrogens with one attached hydrogen (secondary N) is 1. The van der Waals surface area contributed by atoms with Crippen LogP contribution in [0.15, 0.2) is 18.3 Å². The monoisotopic (exact) mass is 409 g/mol. The van der Waals surface area contributed by atoms with E-state index >= 15 is 0 Å². The number of likely N-dealkylation sites (tertiary alicyclic amines) is 1. The number of fused-ring (bicyclic) bond motifs is 1. The fourth-order valence-corrected chi connectivity index (χ4v) is 5.82. The van der Waals surface area contributed by atoms with Gasteiger partial charge in [-0.1, -0.05) is 44.9 Å². The first-order valence-electron chi connectivity index (χ1n) is 12.1. The maximum atomic E-state index is 12.8. The molecule has 1 saturated heterocycles. The highest BCUT2D eigenvalue weighted by atomic mass is 16.2. The van der Waals surface area contributed by atoms with Crippen LogP contribution in [0, 0.1) is 5.92 Å². The molecule has 2 aromatic heterocycles. The van der Waals surface area contributed by atoms with Gasteiger partial charge in [-0.25, -0.2) is 14.8 Å². The number of nitrogens with zero attached hydrogens (tertiary/aromatic N) is 4. The van der Waals surface area contributed by atoms with Crippen molar-refractivity contribution in [3.63, 3.8) is 0 Å². The van der Waals surface area contributed by atoms with E-state index in [1.54, 1.807) is 0 Å². The zero-order chi connectivity index (χ0) is 20.3. The van der Waals surface area contributed by atoms with Crippen LogP contribution in [-0.4, -0.2) is 44.6 Å². The van der Waals surface area contributed by atoms with Crippen molar-refractivity contribution in [2.75, 3.05) is 13.1 Å². The van der Waals surface area contributed by atoms with Crippen LogP contribution in [0.4, 0.5) is 4.79 Å². The second-order valence-corrected chi connectivity index (χ2v) is 9.60.